The fourth-order valence-electron chi connectivity index (χ4n) is 2.74. The van der Waals surface area contributed by atoms with E-state index in [9.17, 15) is 9.77 Å². The van der Waals surface area contributed by atoms with E-state index < -0.39 is 8.25 Å². The first kappa shape index (κ1) is 19.9. The van der Waals surface area contributed by atoms with Crippen LogP contribution in [0.2, 0.25) is 0 Å². The second-order valence-corrected chi connectivity index (χ2v) is 6.56. The number of hydrogen-bond donors (Lipinski definition) is 1. The van der Waals surface area contributed by atoms with E-state index in [1.165, 1.54) is 19.0 Å². The van der Waals surface area contributed by atoms with Crippen molar-refractivity contribution in [2.45, 2.75) is 78.1 Å². The number of aromatic nitrogens is 1. The molecule has 0 aliphatic rings. The number of nitrogens with zero attached hydrogens (tertiary/aromatic N) is 1. The molecule has 0 aliphatic heterocycles. The number of hydrogen-bond acceptors (Lipinski definition) is 3. The van der Waals surface area contributed by atoms with Crippen molar-refractivity contribution in [1.82, 2.24) is 0 Å². The predicted molar refractivity (Wildman–Crippen MR) is 91.5 cm³/mol. The molecular weight excluding hydrogens is 313 g/mol. The van der Waals surface area contributed by atoms with Crippen molar-refractivity contribution in [3.05, 3.63) is 28.6 Å². The van der Waals surface area contributed by atoms with Crippen LogP contribution in [0.1, 0.15) is 76.3 Å². The van der Waals surface area contributed by atoms with Crippen molar-refractivity contribution in [2.24, 2.45) is 0 Å². The number of pyridine rings is 1. The molecule has 0 saturated heterocycles. The minimum absolute atomic E-state index is 0.00176. The van der Waals surface area contributed by atoms with Gasteiger partial charge in [-0.15, -0.1) is 9.62 Å². The zero-order chi connectivity index (χ0) is 17.1. The van der Waals surface area contributed by atoms with Gasteiger partial charge in [-0.2, -0.15) is 4.52 Å². The van der Waals surface area contributed by atoms with Gasteiger partial charge in [-0.05, 0) is 31.2 Å². The lowest BCUT2D eigenvalue weighted by molar-refractivity contribution is -0.610. The molecule has 1 heterocycles. The normalized spacial score (nSPS) is 11.5. The molecule has 1 N–H and O–H groups in total. The lowest BCUT2D eigenvalue weighted by Crippen LogP contribution is -2.29. The van der Waals surface area contributed by atoms with E-state index in [4.69, 9.17) is 9.42 Å². The molecule has 23 heavy (non-hydrogen) atoms. The molecule has 5 nitrogen and oxygen atoms in total. The Kier molecular flexibility index (Phi) is 9.81. The second-order valence-electron chi connectivity index (χ2n) is 5.90. The summed E-state index contributed by atoms with van der Waals surface area (Å²) in [6, 6.07) is 1.82. The first-order chi connectivity index (χ1) is 11.1. The van der Waals surface area contributed by atoms with E-state index in [1.54, 1.807) is 0 Å². The minimum Gasteiger partial charge on any atom is -0.616 e. The van der Waals surface area contributed by atoms with Crippen LogP contribution in [0.5, 0.6) is 5.88 Å². The van der Waals surface area contributed by atoms with Gasteiger partial charge < -0.3 is 5.21 Å². The third kappa shape index (κ3) is 7.28. The van der Waals surface area contributed by atoms with Crippen molar-refractivity contribution in [3.8, 4) is 5.88 Å². The average Bonchev–Trinajstić information content (AvgIpc) is 2.52. The van der Waals surface area contributed by atoms with Crippen LogP contribution >= 0.6 is 8.25 Å². The molecule has 6 heteroatoms. The van der Waals surface area contributed by atoms with Crippen molar-refractivity contribution in [3.63, 3.8) is 0 Å². The van der Waals surface area contributed by atoms with E-state index in [-0.39, 0.29) is 5.88 Å². The summed E-state index contributed by atoms with van der Waals surface area (Å²) in [5, 5.41) is 11.9. The van der Waals surface area contributed by atoms with Gasteiger partial charge in [0.15, 0.2) is 6.20 Å². The van der Waals surface area contributed by atoms with Crippen LogP contribution in [0.15, 0.2) is 12.3 Å². The number of aryl methyl sites for hydroxylation is 1. The molecule has 1 aromatic heterocycles. The van der Waals surface area contributed by atoms with Crippen molar-refractivity contribution in [1.29, 1.82) is 0 Å². The monoisotopic (exact) mass is 342 g/mol. The summed E-state index contributed by atoms with van der Waals surface area (Å²) in [4.78, 5) is 9.04. The summed E-state index contributed by atoms with van der Waals surface area (Å²) in [7, 11) is -2.83. The first-order valence-electron chi connectivity index (χ1n) is 8.68. The lowest BCUT2D eigenvalue weighted by atomic mass is 9.98. The summed E-state index contributed by atoms with van der Waals surface area (Å²) in [6.07, 6.45) is 11.9. The highest BCUT2D eigenvalue weighted by Crippen LogP contribution is 2.28. The molecule has 130 valence electrons. The van der Waals surface area contributed by atoms with Crippen molar-refractivity contribution < 1.29 is 18.7 Å². The Morgan fingerprint density at radius 3 is 2.26 bits per heavy atom. The van der Waals surface area contributed by atoms with Gasteiger partial charge in [0, 0.05) is 10.6 Å². The Morgan fingerprint density at radius 2 is 1.70 bits per heavy atom. The quantitative estimate of drug-likeness (QED) is 0.261. The number of unbranched alkanes of at least 4 members (excludes halogenated alkanes) is 6. The van der Waals surface area contributed by atoms with Gasteiger partial charge in [0.2, 0.25) is 0 Å². The smallest absolute Gasteiger partial charge is 0.616 e. The molecule has 0 fully saturated rings. The highest BCUT2D eigenvalue weighted by molar-refractivity contribution is 7.32. The molecule has 1 aromatic rings. The van der Waals surface area contributed by atoms with Crippen LogP contribution in [0.25, 0.3) is 0 Å². The SMILES string of the molecule is CCCCCCc1cc[n+]([O-])c(O[P+](=O)O)c1CCCCCC. The van der Waals surface area contributed by atoms with Gasteiger partial charge in [0.25, 0.3) is 0 Å². The zero-order valence-corrected chi connectivity index (χ0v) is 15.2. The largest absolute Gasteiger partial charge is 0.753 e. The van der Waals surface area contributed by atoms with E-state index in [1.807, 2.05) is 6.07 Å². The van der Waals surface area contributed by atoms with Gasteiger partial charge in [0.05, 0.1) is 5.56 Å². The van der Waals surface area contributed by atoms with Crippen LogP contribution in [-0.4, -0.2) is 4.89 Å². The minimum atomic E-state index is -2.83. The molecule has 1 atom stereocenters. The van der Waals surface area contributed by atoms with Gasteiger partial charge in [-0.3, -0.25) is 0 Å². The van der Waals surface area contributed by atoms with Crippen LogP contribution in [0.3, 0.4) is 0 Å². The average molecular weight is 342 g/mol. The molecule has 0 radical (unpaired) electrons. The second kappa shape index (κ2) is 11.4. The first-order valence-corrected chi connectivity index (χ1v) is 9.81. The Bertz CT molecular complexity index is 494. The fourth-order valence-corrected chi connectivity index (χ4v) is 3.08. The Labute approximate surface area is 140 Å². The summed E-state index contributed by atoms with van der Waals surface area (Å²) in [5.41, 5.74) is 1.86. The topological polar surface area (TPSA) is 73.5 Å². The standard InChI is InChI=1S/C17H28NO4P/c1-3-5-7-9-11-15-13-14-18(19)17(22-23(20)21)16(15)12-10-8-6-4-2/h13-14H,3-12H2,1-2H3/p+1. The van der Waals surface area contributed by atoms with Crippen molar-refractivity contribution >= 4 is 8.25 Å². The van der Waals surface area contributed by atoms with Gasteiger partial charge >= 0.3 is 14.1 Å². The lowest BCUT2D eigenvalue weighted by Gasteiger charge is -2.11. The van der Waals surface area contributed by atoms with Crippen LogP contribution in [-0.2, 0) is 17.4 Å². The molecule has 1 rings (SSSR count). The molecule has 0 aliphatic carbocycles. The van der Waals surface area contributed by atoms with Gasteiger partial charge in [-0.25, -0.2) is 0 Å². The van der Waals surface area contributed by atoms with E-state index >= 15 is 0 Å². The fraction of sp³-hybridized carbons (Fsp3) is 0.706. The van der Waals surface area contributed by atoms with E-state index in [2.05, 4.69) is 13.8 Å². The van der Waals surface area contributed by atoms with Gasteiger partial charge in [-0.1, -0.05) is 52.4 Å². The maximum Gasteiger partial charge on any atom is 0.753 e. The van der Waals surface area contributed by atoms with Crippen LogP contribution in [0, 0.1) is 5.21 Å². The molecule has 0 saturated carbocycles. The Hall–Kier alpha value is -1.19. The molecule has 0 bridgehead atoms. The maximum atomic E-state index is 11.9. The van der Waals surface area contributed by atoms with E-state index in [0.717, 1.165) is 56.1 Å². The predicted octanol–water partition coefficient (Wildman–Crippen LogP) is 4.59. The summed E-state index contributed by atoms with van der Waals surface area (Å²) < 4.78 is 16.5. The Balaban J connectivity index is 2.89. The zero-order valence-electron chi connectivity index (χ0n) is 14.3. The van der Waals surface area contributed by atoms with E-state index in [0.29, 0.717) is 11.2 Å². The summed E-state index contributed by atoms with van der Waals surface area (Å²) in [5.74, 6) is -0.00176. The Morgan fingerprint density at radius 1 is 1.09 bits per heavy atom. The molecular formula is C17H29NO4P+. The van der Waals surface area contributed by atoms with Gasteiger partial charge in [0.1, 0.15) is 0 Å². The third-order valence-corrected chi connectivity index (χ3v) is 4.33. The maximum absolute atomic E-state index is 11.9. The molecule has 0 aromatic carbocycles. The molecule has 0 amide bonds. The van der Waals surface area contributed by atoms with Crippen LogP contribution in [0.4, 0.5) is 0 Å². The van der Waals surface area contributed by atoms with Crippen molar-refractivity contribution in [2.75, 3.05) is 0 Å². The highest BCUT2D eigenvalue weighted by atomic mass is 31.1. The number of rotatable bonds is 12. The summed E-state index contributed by atoms with van der Waals surface area (Å²) >= 11 is 0. The summed E-state index contributed by atoms with van der Waals surface area (Å²) in [6.45, 7) is 4.32. The third-order valence-electron chi connectivity index (χ3n) is 4.00. The molecule has 0 spiro atoms. The molecule has 1 unspecified atom stereocenters. The highest BCUT2D eigenvalue weighted by Gasteiger charge is 2.28. The van der Waals surface area contributed by atoms with Crippen LogP contribution < -0.4 is 9.25 Å².